The summed E-state index contributed by atoms with van der Waals surface area (Å²) in [7, 11) is 0. The lowest BCUT2D eigenvalue weighted by molar-refractivity contribution is 0.528. The van der Waals surface area contributed by atoms with Crippen molar-refractivity contribution >= 4 is 11.8 Å². The first-order valence-electron chi connectivity index (χ1n) is 8.35. The van der Waals surface area contributed by atoms with E-state index in [0.717, 1.165) is 10.7 Å². The van der Waals surface area contributed by atoms with Gasteiger partial charge in [0.05, 0.1) is 12.0 Å². The van der Waals surface area contributed by atoms with Gasteiger partial charge in [-0.2, -0.15) is 0 Å². The Balaban J connectivity index is 1.51. The van der Waals surface area contributed by atoms with Crippen LogP contribution in [0.2, 0.25) is 0 Å². The molecule has 3 aromatic heterocycles. The van der Waals surface area contributed by atoms with Crippen molar-refractivity contribution in [2.75, 3.05) is 0 Å². The summed E-state index contributed by atoms with van der Waals surface area (Å²) in [6.45, 7) is 6.41. The van der Waals surface area contributed by atoms with Crippen LogP contribution in [0.3, 0.4) is 0 Å². The highest BCUT2D eigenvalue weighted by atomic mass is 32.2. The van der Waals surface area contributed by atoms with Gasteiger partial charge in [0.25, 0.3) is 0 Å². The van der Waals surface area contributed by atoms with Crippen LogP contribution < -0.4 is 0 Å². The molecular formula is C19H17N5O2S. The van der Waals surface area contributed by atoms with Crippen LogP contribution in [-0.4, -0.2) is 25.0 Å². The molecule has 8 heteroatoms. The van der Waals surface area contributed by atoms with Crippen LogP contribution in [0.4, 0.5) is 0 Å². The minimum absolute atomic E-state index is 0.492. The number of benzene rings is 1. The highest BCUT2D eigenvalue weighted by Crippen LogP contribution is 2.27. The van der Waals surface area contributed by atoms with Crippen LogP contribution in [0, 0.1) is 6.92 Å². The third-order valence-corrected chi connectivity index (χ3v) is 4.81. The third kappa shape index (κ3) is 3.70. The fraction of sp³-hybridized carbons (Fsp3) is 0.158. The molecule has 1 aromatic carbocycles. The molecule has 4 aromatic rings. The molecule has 27 heavy (non-hydrogen) atoms. The molecule has 0 fully saturated rings. The maximum Gasteiger partial charge on any atom is 0.247 e. The molecule has 0 aliphatic heterocycles. The lowest BCUT2D eigenvalue weighted by atomic mass is 10.1. The van der Waals surface area contributed by atoms with E-state index in [1.165, 1.54) is 17.3 Å². The van der Waals surface area contributed by atoms with Crippen molar-refractivity contribution in [2.45, 2.75) is 24.4 Å². The summed E-state index contributed by atoms with van der Waals surface area (Å²) in [5, 5.41) is 17.5. The van der Waals surface area contributed by atoms with Crippen LogP contribution in [-0.2, 0) is 12.3 Å². The molecule has 136 valence electrons. The first-order chi connectivity index (χ1) is 13.2. The monoisotopic (exact) mass is 379 g/mol. The van der Waals surface area contributed by atoms with E-state index in [4.69, 9.17) is 8.83 Å². The zero-order chi connectivity index (χ0) is 18.6. The quantitative estimate of drug-likeness (QED) is 0.348. The number of aromatic nitrogens is 5. The molecular weight excluding hydrogens is 362 g/mol. The first-order valence-corrected chi connectivity index (χ1v) is 9.33. The van der Waals surface area contributed by atoms with Gasteiger partial charge in [0.1, 0.15) is 0 Å². The predicted octanol–water partition coefficient (Wildman–Crippen LogP) is 4.37. The van der Waals surface area contributed by atoms with Gasteiger partial charge < -0.3 is 8.83 Å². The molecule has 7 nitrogen and oxygen atoms in total. The topological polar surface area (TPSA) is 82.8 Å². The van der Waals surface area contributed by atoms with Crippen molar-refractivity contribution in [3.05, 3.63) is 66.8 Å². The molecule has 0 bridgehead atoms. The predicted molar refractivity (Wildman–Crippen MR) is 102 cm³/mol. The number of furan rings is 1. The van der Waals surface area contributed by atoms with Crippen molar-refractivity contribution < 1.29 is 8.83 Å². The van der Waals surface area contributed by atoms with Gasteiger partial charge >= 0.3 is 0 Å². The number of rotatable bonds is 7. The van der Waals surface area contributed by atoms with Gasteiger partial charge in [-0.3, -0.25) is 4.57 Å². The van der Waals surface area contributed by atoms with Crippen molar-refractivity contribution in [3.8, 4) is 23.0 Å². The van der Waals surface area contributed by atoms with Crippen molar-refractivity contribution in [2.24, 2.45) is 0 Å². The zero-order valence-corrected chi connectivity index (χ0v) is 15.5. The molecule has 0 atom stereocenters. The highest BCUT2D eigenvalue weighted by molar-refractivity contribution is 7.98. The third-order valence-electron chi connectivity index (χ3n) is 3.86. The number of hydrogen-bond acceptors (Lipinski definition) is 7. The van der Waals surface area contributed by atoms with Crippen molar-refractivity contribution in [3.63, 3.8) is 0 Å². The van der Waals surface area contributed by atoms with E-state index in [2.05, 4.69) is 27.0 Å². The standard InChI is InChI=1S/C19H17N5O2S/c1-3-10-24-17(15-5-4-11-25-15)21-23-19(24)27-12-16-20-22-18(26-16)14-8-6-13(2)7-9-14/h3-9,11H,1,10,12H2,2H3. The zero-order valence-electron chi connectivity index (χ0n) is 14.7. The Morgan fingerprint density at radius 2 is 1.96 bits per heavy atom. The molecule has 4 rings (SSSR count). The van der Waals surface area contributed by atoms with Crippen LogP contribution >= 0.6 is 11.8 Å². The van der Waals surface area contributed by atoms with Gasteiger partial charge in [-0.1, -0.05) is 35.5 Å². The van der Waals surface area contributed by atoms with Gasteiger partial charge in [-0.15, -0.1) is 27.0 Å². The normalized spacial score (nSPS) is 11.0. The Labute approximate surface area is 160 Å². The van der Waals surface area contributed by atoms with Gasteiger partial charge in [0.2, 0.25) is 17.6 Å². The van der Waals surface area contributed by atoms with Gasteiger partial charge in [-0.25, -0.2) is 0 Å². The fourth-order valence-electron chi connectivity index (χ4n) is 2.53. The molecule has 3 heterocycles. The van der Waals surface area contributed by atoms with Crippen LogP contribution in [0.5, 0.6) is 0 Å². The lowest BCUT2D eigenvalue weighted by Crippen LogP contribution is -2.00. The molecule has 0 N–H and O–H groups in total. The molecule has 0 aliphatic carbocycles. The number of hydrogen-bond donors (Lipinski definition) is 0. The van der Waals surface area contributed by atoms with Crippen molar-refractivity contribution in [1.29, 1.82) is 0 Å². The average molecular weight is 379 g/mol. The van der Waals surface area contributed by atoms with E-state index in [9.17, 15) is 0 Å². The molecule has 0 radical (unpaired) electrons. The van der Waals surface area contributed by atoms with E-state index in [1.54, 1.807) is 12.3 Å². The number of allylic oxidation sites excluding steroid dienone is 1. The summed E-state index contributed by atoms with van der Waals surface area (Å²) in [6.07, 6.45) is 3.40. The summed E-state index contributed by atoms with van der Waals surface area (Å²) in [5.41, 5.74) is 2.09. The Kier molecular flexibility index (Phi) is 4.88. The molecule has 0 unspecified atom stereocenters. The summed E-state index contributed by atoms with van der Waals surface area (Å²) < 4.78 is 13.1. The maximum absolute atomic E-state index is 5.77. The maximum atomic E-state index is 5.77. The van der Waals surface area contributed by atoms with Crippen molar-refractivity contribution in [1.82, 2.24) is 25.0 Å². The SMILES string of the molecule is C=CCn1c(SCc2nnc(-c3ccc(C)cc3)o2)nnc1-c1ccco1. The first kappa shape index (κ1) is 17.3. The van der Waals surface area contributed by atoms with Gasteiger partial charge in [-0.05, 0) is 31.2 Å². The molecule has 0 saturated heterocycles. The summed E-state index contributed by atoms with van der Waals surface area (Å²) in [5.74, 6) is 2.85. The number of nitrogens with zero attached hydrogens (tertiary/aromatic N) is 5. The molecule has 0 amide bonds. The fourth-order valence-corrected chi connectivity index (χ4v) is 3.31. The molecule has 0 saturated carbocycles. The molecule has 0 aliphatic rings. The summed E-state index contributed by atoms with van der Waals surface area (Å²) >= 11 is 1.47. The minimum atomic E-state index is 0.492. The number of aryl methyl sites for hydroxylation is 1. The van der Waals surface area contributed by atoms with E-state index in [-0.39, 0.29) is 0 Å². The van der Waals surface area contributed by atoms with E-state index in [1.807, 2.05) is 47.9 Å². The Bertz CT molecular complexity index is 1030. The lowest BCUT2D eigenvalue weighted by Gasteiger charge is -2.04. The van der Waals surface area contributed by atoms with Gasteiger partial charge in [0, 0.05) is 12.1 Å². The van der Waals surface area contributed by atoms with E-state index in [0.29, 0.717) is 35.7 Å². The minimum Gasteiger partial charge on any atom is -0.461 e. The van der Waals surface area contributed by atoms with E-state index < -0.39 is 0 Å². The van der Waals surface area contributed by atoms with Crippen LogP contribution in [0.15, 0.2) is 69.3 Å². The molecule has 0 spiro atoms. The van der Waals surface area contributed by atoms with Crippen LogP contribution in [0.25, 0.3) is 23.0 Å². The summed E-state index contributed by atoms with van der Waals surface area (Å²) in [6, 6.07) is 11.6. The average Bonchev–Trinajstić information content (AvgIpc) is 3.42. The Morgan fingerprint density at radius 1 is 1.11 bits per heavy atom. The van der Waals surface area contributed by atoms with Gasteiger partial charge in [0.15, 0.2) is 10.9 Å². The second kappa shape index (κ2) is 7.63. The smallest absolute Gasteiger partial charge is 0.247 e. The summed E-state index contributed by atoms with van der Waals surface area (Å²) in [4.78, 5) is 0. The Hall–Kier alpha value is -3.13. The number of thioether (sulfide) groups is 1. The Morgan fingerprint density at radius 3 is 2.70 bits per heavy atom. The second-order valence-electron chi connectivity index (χ2n) is 5.84. The second-order valence-corrected chi connectivity index (χ2v) is 6.78. The largest absolute Gasteiger partial charge is 0.461 e. The van der Waals surface area contributed by atoms with E-state index >= 15 is 0 Å². The van der Waals surface area contributed by atoms with Crippen LogP contribution in [0.1, 0.15) is 11.5 Å². The highest BCUT2D eigenvalue weighted by Gasteiger charge is 2.17.